The number of allylic oxidation sites excluding steroid dienone is 3. The predicted molar refractivity (Wildman–Crippen MR) is 96.0 cm³/mol. The molecule has 2 rings (SSSR count). The highest BCUT2D eigenvalue weighted by Gasteiger charge is 2.66. The van der Waals surface area contributed by atoms with Gasteiger partial charge in [0.25, 0.3) is 0 Å². The predicted octanol–water partition coefficient (Wildman–Crippen LogP) is 4.01. The summed E-state index contributed by atoms with van der Waals surface area (Å²) < 4.78 is 46.5. The summed E-state index contributed by atoms with van der Waals surface area (Å²) in [5.41, 5.74) is -0.649. The molecular weight excluding hydrogens is 434 g/mol. The second kappa shape index (κ2) is 7.93. The number of alkyl halides is 5. The van der Waals surface area contributed by atoms with Gasteiger partial charge in [-0.1, -0.05) is 29.8 Å². The molecule has 3 unspecified atom stereocenters. The van der Waals surface area contributed by atoms with Crippen LogP contribution >= 0.6 is 35.6 Å². The zero-order valence-corrected chi connectivity index (χ0v) is 16.5. The van der Waals surface area contributed by atoms with E-state index in [1.807, 2.05) is 0 Å². The Hall–Kier alpha value is -1.38. The molecule has 1 heterocycles. The second-order valence-electron chi connectivity index (χ2n) is 6.02. The first-order valence-corrected chi connectivity index (χ1v) is 8.24. The Balaban J connectivity index is 0.00000364. The molecule has 0 radical (unpaired) electrons. The van der Waals surface area contributed by atoms with Gasteiger partial charge in [-0.05, 0) is 13.0 Å². The van der Waals surface area contributed by atoms with Crippen LogP contribution in [0.5, 0.6) is 0 Å². The Labute approximate surface area is 169 Å². The molecule has 0 bridgehead atoms. The molecule has 0 saturated heterocycles. The number of carboxylic acid groups (broad SMARTS) is 1. The number of ether oxygens (including phenoxy) is 1. The number of nitrogens with zero attached hydrogens (tertiary/aromatic N) is 1. The molecular formula is C16H17Cl3F3NO4. The van der Waals surface area contributed by atoms with Gasteiger partial charge in [-0.25, -0.2) is 4.79 Å². The molecule has 0 amide bonds. The van der Waals surface area contributed by atoms with Gasteiger partial charge in [0.1, 0.15) is 5.00 Å². The van der Waals surface area contributed by atoms with Crippen molar-refractivity contribution in [2.24, 2.45) is 0 Å². The lowest BCUT2D eigenvalue weighted by Crippen LogP contribution is -2.67. The van der Waals surface area contributed by atoms with Crippen molar-refractivity contribution < 1.29 is 32.6 Å². The van der Waals surface area contributed by atoms with Crippen molar-refractivity contribution in [3.05, 3.63) is 35.6 Å². The van der Waals surface area contributed by atoms with E-state index < -0.39 is 46.0 Å². The van der Waals surface area contributed by atoms with Crippen LogP contribution in [0, 0.1) is 0 Å². The third-order valence-corrected chi connectivity index (χ3v) is 5.38. The molecule has 0 aromatic heterocycles. The molecule has 3 atom stereocenters. The van der Waals surface area contributed by atoms with Gasteiger partial charge in [0.15, 0.2) is 10.9 Å². The van der Waals surface area contributed by atoms with Crippen molar-refractivity contribution >= 4 is 47.5 Å². The number of methoxy groups -OCH3 is 1. The minimum Gasteiger partial charge on any atom is -0.478 e. The van der Waals surface area contributed by atoms with Crippen LogP contribution in [0.15, 0.2) is 35.6 Å². The van der Waals surface area contributed by atoms with Crippen LogP contribution in [0.25, 0.3) is 0 Å². The summed E-state index contributed by atoms with van der Waals surface area (Å²) in [7, 11) is 0.884. The molecule has 27 heavy (non-hydrogen) atoms. The van der Waals surface area contributed by atoms with Crippen LogP contribution < -0.4 is 0 Å². The smallest absolute Gasteiger partial charge is 0.411 e. The third kappa shape index (κ3) is 4.07. The highest BCUT2D eigenvalue weighted by atomic mass is 35.5. The van der Waals surface area contributed by atoms with Crippen molar-refractivity contribution in [2.45, 2.75) is 41.9 Å². The van der Waals surface area contributed by atoms with Crippen molar-refractivity contribution in [3.8, 4) is 0 Å². The quantitative estimate of drug-likeness (QED) is 0.400. The molecule has 0 fully saturated rings. The Bertz CT molecular complexity index is 722. The van der Waals surface area contributed by atoms with Crippen LogP contribution in [-0.2, 0) is 14.3 Å². The van der Waals surface area contributed by atoms with E-state index in [1.165, 1.54) is 25.2 Å². The van der Waals surface area contributed by atoms with Gasteiger partial charge in [-0.15, -0.1) is 24.0 Å². The van der Waals surface area contributed by atoms with Gasteiger partial charge < -0.3 is 14.7 Å². The second-order valence-corrected chi connectivity index (χ2v) is 7.35. The van der Waals surface area contributed by atoms with Gasteiger partial charge in [0.2, 0.25) is 0 Å². The van der Waals surface area contributed by atoms with Crippen LogP contribution in [0.2, 0.25) is 0 Å². The number of hydrogen-bond donors (Lipinski definition) is 1. The molecule has 0 saturated carbocycles. The molecule has 0 aromatic carbocycles. The number of rotatable bonds is 3. The zero-order valence-electron chi connectivity index (χ0n) is 14.2. The van der Waals surface area contributed by atoms with Crippen LogP contribution in [0.1, 0.15) is 19.8 Å². The number of halogens is 6. The Morgan fingerprint density at radius 1 is 1.33 bits per heavy atom. The highest BCUT2D eigenvalue weighted by Crippen LogP contribution is 2.51. The average Bonchev–Trinajstić information content (AvgIpc) is 2.54. The van der Waals surface area contributed by atoms with Crippen molar-refractivity contribution in [1.29, 1.82) is 0 Å². The Morgan fingerprint density at radius 3 is 2.33 bits per heavy atom. The minimum absolute atomic E-state index is 0. The van der Waals surface area contributed by atoms with Gasteiger partial charge in [-0.2, -0.15) is 13.2 Å². The third-order valence-electron chi connectivity index (χ3n) is 4.42. The van der Waals surface area contributed by atoms with Crippen LogP contribution in [0.4, 0.5) is 13.2 Å². The molecule has 5 nitrogen and oxygen atoms in total. The first-order valence-electron chi connectivity index (χ1n) is 7.48. The topological polar surface area (TPSA) is 66.8 Å². The molecule has 1 aliphatic carbocycles. The number of esters is 1. The normalized spacial score (nSPS) is 30.8. The van der Waals surface area contributed by atoms with E-state index in [1.54, 1.807) is 6.08 Å². The largest absolute Gasteiger partial charge is 0.478 e. The fourth-order valence-electron chi connectivity index (χ4n) is 3.27. The van der Waals surface area contributed by atoms with Crippen molar-refractivity contribution in [1.82, 2.24) is 4.90 Å². The fourth-order valence-corrected chi connectivity index (χ4v) is 4.09. The fraction of sp³-hybridized carbons (Fsp3) is 0.500. The van der Waals surface area contributed by atoms with Gasteiger partial charge in [0, 0.05) is 18.5 Å². The summed E-state index contributed by atoms with van der Waals surface area (Å²) in [5, 5.41) is 9.43. The lowest BCUT2D eigenvalue weighted by molar-refractivity contribution is -0.203. The van der Waals surface area contributed by atoms with Crippen LogP contribution in [0.3, 0.4) is 0 Å². The van der Waals surface area contributed by atoms with Gasteiger partial charge in [0.05, 0.1) is 12.7 Å². The monoisotopic (exact) mass is 449 g/mol. The average molecular weight is 451 g/mol. The minimum atomic E-state index is -4.99. The van der Waals surface area contributed by atoms with E-state index in [2.05, 4.69) is 4.74 Å². The molecule has 2 aliphatic rings. The summed E-state index contributed by atoms with van der Waals surface area (Å²) in [5.74, 6) is -2.87. The number of aliphatic carboxylic acids is 1. The standard InChI is InChI=1S/C16H16Cl2F3NO4.ClH/c1-9-10(11(23)24)8-15(18,13(25)26-2)12(16(19,20)21)22(9)14(17)6-4-3-5-7-14;/h3-6,12H,7-8H2,1-2H3,(H,23,24);1H. The van der Waals surface area contributed by atoms with Crippen LogP contribution in [-0.4, -0.2) is 51.1 Å². The summed E-state index contributed by atoms with van der Waals surface area (Å²) in [6.45, 7) is 1.21. The number of hydrogen-bond acceptors (Lipinski definition) is 4. The lowest BCUT2D eigenvalue weighted by atomic mass is 9.82. The molecule has 11 heteroatoms. The van der Waals surface area contributed by atoms with E-state index >= 15 is 0 Å². The first kappa shape index (κ1) is 23.7. The maximum absolute atomic E-state index is 14.0. The van der Waals surface area contributed by atoms with E-state index in [-0.39, 0.29) is 24.5 Å². The van der Waals surface area contributed by atoms with Crippen molar-refractivity contribution in [3.63, 3.8) is 0 Å². The molecule has 1 aliphatic heterocycles. The molecule has 1 N–H and O–H groups in total. The highest BCUT2D eigenvalue weighted by molar-refractivity contribution is 6.35. The van der Waals surface area contributed by atoms with E-state index in [9.17, 15) is 27.9 Å². The lowest BCUT2D eigenvalue weighted by Gasteiger charge is -2.52. The Kier molecular flexibility index (Phi) is 6.95. The maximum atomic E-state index is 14.0. The zero-order chi connectivity index (χ0) is 19.9. The number of carbonyl (C=O) groups is 2. The summed E-state index contributed by atoms with van der Waals surface area (Å²) in [6, 6.07) is -2.58. The Morgan fingerprint density at radius 2 is 1.93 bits per heavy atom. The summed E-state index contributed by atoms with van der Waals surface area (Å²) in [4.78, 5) is 20.0. The molecule has 0 spiro atoms. The number of carboxylic acids is 1. The van der Waals surface area contributed by atoms with Crippen molar-refractivity contribution in [2.75, 3.05) is 7.11 Å². The van der Waals surface area contributed by atoms with Gasteiger partial charge >= 0.3 is 18.1 Å². The number of carbonyl (C=O) groups excluding carboxylic acids is 1. The van der Waals surface area contributed by atoms with E-state index in [4.69, 9.17) is 23.2 Å². The molecule has 152 valence electrons. The van der Waals surface area contributed by atoms with E-state index in [0.29, 0.717) is 4.90 Å². The van der Waals surface area contributed by atoms with E-state index in [0.717, 1.165) is 7.11 Å². The summed E-state index contributed by atoms with van der Waals surface area (Å²) in [6.07, 6.45) is -0.00435. The van der Waals surface area contributed by atoms with Gasteiger partial charge in [-0.3, -0.25) is 4.79 Å². The SMILES string of the molecule is COC(=O)C1(Cl)CC(C(=O)O)=C(C)N(C2(Cl)C=CC=CC2)C1C(F)(F)F.Cl. The summed E-state index contributed by atoms with van der Waals surface area (Å²) >= 11 is 12.6. The maximum Gasteiger partial charge on any atom is 0.411 e. The molecule has 0 aromatic rings. The first-order chi connectivity index (χ1) is 11.9.